The summed E-state index contributed by atoms with van der Waals surface area (Å²) in [4.78, 5) is 49.5. The summed E-state index contributed by atoms with van der Waals surface area (Å²) in [5.41, 5.74) is 1.44. The van der Waals surface area contributed by atoms with Crippen molar-refractivity contribution in [3.05, 3.63) is 80.8 Å². The first kappa shape index (κ1) is 24.2. The predicted molar refractivity (Wildman–Crippen MR) is 124 cm³/mol. The normalized spacial score (nSPS) is 17.7. The molecule has 9 heteroatoms. The van der Waals surface area contributed by atoms with Crippen LogP contribution in [0.15, 0.2) is 59.1 Å². The standard InChI is InChI=1S/C24H19ClN2O5S/c1-13(28)15-4-3-5-16(10-15)19(29)12-33-23-18(11-26)20(14-6-8-17(25)9-7-14)21(22(30)27-23)24(31)32-2/h3-10,20-21H,12H2,1-2H3,(H,27,30)/t20-,21-/m1/s1. The van der Waals surface area contributed by atoms with E-state index in [-0.39, 0.29) is 27.9 Å². The van der Waals surface area contributed by atoms with Crippen LogP contribution in [0.1, 0.15) is 39.1 Å². The quantitative estimate of drug-likeness (QED) is 0.361. The lowest BCUT2D eigenvalue weighted by atomic mass is 9.78. The number of ketones is 2. The van der Waals surface area contributed by atoms with Gasteiger partial charge in [0.2, 0.25) is 5.91 Å². The van der Waals surface area contributed by atoms with Gasteiger partial charge in [-0.15, -0.1) is 0 Å². The number of ether oxygens (including phenoxy) is 1. The highest BCUT2D eigenvalue weighted by atomic mass is 35.5. The van der Waals surface area contributed by atoms with Crippen LogP contribution >= 0.6 is 23.4 Å². The average Bonchev–Trinajstić information content (AvgIpc) is 2.82. The Kier molecular flexibility index (Phi) is 7.69. The molecule has 33 heavy (non-hydrogen) atoms. The number of rotatable bonds is 7. The van der Waals surface area contributed by atoms with Gasteiger partial charge in [-0.1, -0.05) is 53.7 Å². The van der Waals surface area contributed by atoms with Gasteiger partial charge in [-0.3, -0.25) is 19.2 Å². The number of hydrogen-bond donors (Lipinski definition) is 1. The number of carbonyl (C=O) groups is 4. The fraction of sp³-hybridized carbons (Fsp3) is 0.208. The first-order valence-corrected chi connectivity index (χ1v) is 11.2. The highest BCUT2D eigenvalue weighted by Crippen LogP contribution is 2.40. The number of hydrogen-bond acceptors (Lipinski definition) is 7. The number of benzene rings is 2. The lowest BCUT2D eigenvalue weighted by Gasteiger charge is -2.30. The molecule has 0 unspecified atom stereocenters. The van der Waals surface area contributed by atoms with Gasteiger partial charge in [0.05, 0.1) is 29.5 Å². The van der Waals surface area contributed by atoms with Gasteiger partial charge in [-0.05, 0) is 30.7 Å². The van der Waals surface area contributed by atoms with E-state index in [2.05, 4.69) is 11.4 Å². The van der Waals surface area contributed by atoms with E-state index in [0.717, 1.165) is 11.8 Å². The third-order valence-electron chi connectivity index (χ3n) is 5.15. The largest absolute Gasteiger partial charge is 0.468 e. The van der Waals surface area contributed by atoms with Gasteiger partial charge in [0, 0.05) is 22.1 Å². The zero-order valence-electron chi connectivity index (χ0n) is 17.8. The van der Waals surface area contributed by atoms with Crippen molar-refractivity contribution in [3.63, 3.8) is 0 Å². The Labute approximate surface area is 199 Å². The Morgan fingerprint density at radius 2 is 1.82 bits per heavy atom. The lowest BCUT2D eigenvalue weighted by molar-refractivity contribution is -0.150. The number of esters is 1. The van der Waals surface area contributed by atoms with Crippen molar-refractivity contribution in [2.75, 3.05) is 12.9 Å². The van der Waals surface area contributed by atoms with Gasteiger partial charge < -0.3 is 10.1 Å². The number of carbonyl (C=O) groups excluding carboxylic acids is 4. The topological polar surface area (TPSA) is 113 Å². The third-order valence-corrected chi connectivity index (χ3v) is 6.42. The van der Waals surface area contributed by atoms with E-state index in [1.165, 1.54) is 20.1 Å². The molecule has 1 heterocycles. The summed E-state index contributed by atoms with van der Waals surface area (Å²) in [6, 6.07) is 14.9. The monoisotopic (exact) mass is 482 g/mol. The van der Waals surface area contributed by atoms with Crippen LogP contribution < -0.4 is 5.32 Å². The molecule has 0 aliphatic carbocycles. The number of allylic oxidation sites excluding steroid dienone is 1. The Bertz CT molecular complexity index is 1200. The molecule has 7 nitrogen and oxygen atoms in total. The second-order valence-electron chi connectivity index (χ2n) is 7.22. The molecule has 168 valence electrons. The minimum atomic E-state index is -1.27. The molecule has 1 amide bonds. The first-order valence-electron chi connectivity index (χ1n) is 9.82. The smallest absolute Gasteiger partial charge is 0.319 e. The fourth-order valence-electron chi connectivity index (χ4n) is 3.48. The van der Waals surface area contributed by atoms with Crippen molar-refractivity contribution >= 4 is 46.8 Å². The van der Waals surface area contributed by atoms with E-state index in [4.69, 9.17) is 16.3 Å². The number of methoxy groups -OCH3 is 1. The van der Waals surface area contributed by atoms with Crippen molar-refractivity contribution in [1.29, 1.82) is 5.26 Å². The highest BCUT2D eigenvalue weighted by Gasteiger charge is 2.44. The number of nitriles is 1. The highest BCUT2D eigenvalue weighted by molar-refractivity contribution is 8.03. The zero-order valence-corrected chi connectivity index (χ0v) is 19.3. The number of Topliss-reactive ketones (excluding diaryl/α,β-unsaturated/α-hetero) is 2. The molecule has 0 aromatic heterocycles. The van der Waals surface area contributed by atoms with Gasteiger partial charge in [0.1, 0.15) is 5.92 Å². The molecule has 1 N–H and O–H groups in total. The second kappa shape index (κ2) is 10.5. The summed E-state index contributed by atoms with van der Waals surface area (Å²) < 4.78 is 4.80. The van der Waals surface area contributed by atoms with Gasteiger partial charge >= 0.3 is 5.97 Å². The second-order valence-corrected chi connectivity index (χ2v) is 8.64. The molecular formula is C24H19ClN2O5S. The number of nitrogens with zero attached hydrogens (tertiary/aromatic N) is 1. The minimum Gasteiger partial charge on any atom is -0.468 e. The predicted octanol–water partition coefficient (Wildman–Crippen LogP) is 3.90. The zero-order chi connectivity index (χ0) is 24.1. The molecule has 0 bridgehead atoms. The maximum Gasteiger partial charge on any atom is 0.319 e. The van der Waals surface area contributed by atoms with Gasteiger partial charge in [-0.25, -0.2) is 0 Å². The maximum absolute atomic E-state index is 12.8. The summed E-state index contributed by atoms with van der Waals surface area (Å²) in [7, 11) is 1.17. The van der Waals surface area contributed by atoms with Crippen LogP contribution in [0.3, 0.4) is 0 Å². The fourth-order valence-corrected chi connectivity index (χ4v) is 4.55. The van der Waals surface area contributed by atoms with Crippen molar-refractivity contribution in [1.82, 2.24) is 5.32 Å². The summed E-state index contributed by atoms with van der Waals surface area (Å²) in [6.45, 7) is 1.41. The molecule has 0 saturated heterocycles. The molecule has 0 radical (unpaired) electrons. The van der Waals surface area contributed by atoms with Gasteiger partial charge in [0.15, 0.2) is 11.6 Å². The molecular weight excluding hydrogens is 464 g/mol. The van der Waals surface area contributed by atoms with Crippen LogP contribution in [0.5, 0.6) is 0 Å². The number of amides is 1. The Balaban J connectivity index is 1.95. The molecule has 1 aliphatic heterocycles. The van der Waals surface area contributed by atoms with Crippen molar-refractivity contribution in [3.8, 4) is 6.07 Å². The van der Waals surface area contributed by atoms with Crippen LogP contribution in [-0.4, -0.2) is 36.3 Å². The molecule has 2 atom stereocenters. The Morgan fingerprint density at radius 1 is 1.15 bits per heavy atom. The van der Waals surface area contributed by atoms with Gasteiger partial charge in [0.25, 0.3) is 0 Å². The third kappa shape index (κ3) is 5.33. The van der Waals surface area contributed by atoms with E-state index in [1.807, 2.05) is 0 Å². The van der Waals surface area contributed by atoms with Crippen LogP contribution in [0.25, 0.3) is 0 Å². The summed E-state index contributed by atoms with van der Waals surface area (Å²) in [6.07, 6.45) is 0. The SMILES string of the molecule is COC(=O)[C@H]1C(=O)NC(SCC(=O)c2cccc(C(C)=O)c2)=C(C#N)[C@H]1c1ccc(Cl)cc1. The molecule has 2 aromatic carbocycles. The van der Waals surface area contributed by atoms with E-state index in [1.54, 1.807) is 42.5 Å². The number of thioether (sulfide) groups is 1. The summed E-state index contributed by atoms with van der Waals surface area (Å²) in [5.74, 6) is -4.09. The molecule has 1 aliphatic rings. The lowest BCUT2D eigenvalue weighted by Crippen LogP contribution is -2.44. The van der Waals surface area contributed by atoms with Crippen molar-refractivity contribution in [2.24, 2.45) is 5.92 Å². The molecule has 0 fully saturated rings. The maximum atomic E-state index is 12.8. The van der Waals surface area contributed by atoms with Crippen LogP contribution in [0.2, 0.25) is 5.02 Å². The van der Waals surface area contributed by atoms with Crippen LogP contribution in [-0.2, 0) is 14.3 Å². The minimum absolute atomic E-state index is 0.0849. The van der Waals surface area contributed by atoms with E-state index in [9.17, 15) is 24.4 Å². The van der Waals surface area contributed by atoms with E-state index < -0.39 is 23.7 Å². The van der Waals surface area contributed by atoms with Crippen LogP contribution in [0.4, 0.5) is 0 Å². The Morgan fingerprint density at radius 3 is 2.42 bits per heavy atom. The molecule has 2 aromatic rings. The number of nitrogens with one attached hydrogen (secondary N) is 1. The van der Waals surface area contributed by atoms with Crippen molar-refractivity contribution in [2.45, 2.75) is 12.8 Å². The summed E-state index contributed by atoms with van der Waals surface area (Å²) in [5, 5.41) is 13.1. The van der Waals surface area contributed by atoms with Crippen molar-refractivity contribution < 1.29 is 23.9 Å². The first-order chi connectivity index (χ1) is 15.8. The molecule has 3 rings (SSSR count). The molecule has 0 spiro atoms. The van der Waals surface area contributed by atoms with E-state index >= 15 is 0 Å². The van der Waals surface area contributed by atoms with E-state index in [0.29, 0.717) is 21.7 Å². The average molecular weight is 483 g/mol. The molecule has 0 saturated carbocycles. The van der Waals surface area contributed by atoms with Gasteiger partial charge in [-0.2, -0.15) is 5.26 Å². The Hall–Kier alpha value is -3.41. The number of halogens is 1. The van der Waals surface area contributed by atoms with Crippen LogP contribution in [0, 0.1) is 17.2 Å². The summed E-state index contributed by atoms with van der Waals surface area (Å²) >= 11 is 6.95.